The Morgan fingerprint density at radius 3 is 2.71 bits per heavy atom. The number of ether oxygens (including phenoxy) is 1. The molecule has 2 N–H and O–H groups in total. The largest absolute Gasteiger partial charge is 0.444 e. The van der Waals surface area contributed by atoms with Gasteiger partial charge in [-0.2, -0.15) is 15.5 Å². The quantitative estimate of drug-likeness (QED) is 0.368. The highest BCUT2D eigenvalue weighted by atomic mass is 35.5. The second kappa shape index (κ2) is 10.0. The lowest BCUT2D eigenvalue weighted by molar-refractivity contribution is 0.0523. The third-order valence-corrected chi connectivity index (χ3v) is 5.92. The van der Waals surface area contributed by atoms with E-state index in [9.17, 15) is 14.9 Å². The molecule has 0 radical (unpaired) electrons. The molecule has 0 saturated heterocycles. The molecular formula is C27H22ClFN6O3. The summed E-state index contributed by atoms with van der Waals surface area (Å²) in [4.78, 5) is 24.6. The molecule has 2 heterocycles. The van der Waals surface area contributed by atoms with E-state index in [0.717, 1.165) is 0 Å². The zero-order chi connectivity index (χ0) is 27.8. The molecule has 9 nitrogen and oxygen atoms in total. The number of H-pyrrole nitrogens is 1. The Balaban J connectivity index is 1.87. The number of nitrogens with one attached hydrogen (secondary N) is 2. The van der Waals surface area contributed by atoms with Gasteiger partial charge in [-0.25, -0.2) is 14.3 Å². The van der Waals surface area contributed by atoms with Gasteiger partial charge in [0.25, 0.3) is 5.56 Å². The summed E-state index contributed by atoms with van der Waals surface area (Å²) >= 11 is 6.11. The summed E-state index contributed by atoms with van der Waals surface area (Å²) in [5.74, 6) is 1.56. The molecule has 0 saturated carbocycles. The fourth-order valence-electron chi connectivity index (χ4n) is 4.02. The SMILES string of the molecule is C#Cc1cc(Cl)c(F)c(-c2c(-c3ccc4c(=O)[nH]nc(CNC(=O)OC(C)(C)C)c4c3)cnn2C)c1C#N. The van der Waals surface area contributed by atoms with Crippen LogP contribution in [-0.2, 0) is 18.3 Å². The summed E-state index contributed by atoms with van der Waals surface area (Å²) < 4.78 is 22.1. The standard InChI is InChI=1S/C27H22ClFN6O3/c1-6-14-10-20(28)23(29)22(18(14)11-30)24-19(12-32-35(24)5)15-7-8-16-17(9-15)21(33-34-25(16)36)13-31-26(37)38-27(2,3)4/h1,7-10,12H,13H2,2-5H3,(H,31,37)(H,34,36). The Morgan fingerprint density at radius 1 is 1.32 bits per heavy atom. The molecule has 1 amide bonds. The van der Waals surface area contributed by atoms with Crippen molar-refractivity contribution >= 4 is 28.5 Å². The van der Waals surface area contributed by atoms with Crippen molar-refractivity contribution in [1.82, 2.24) is 25.3 Å². The van der Waals surface area contributed by atoms with Crippen LogP contribution in [0.1, 0.15) is 37.6 Å². The van der Waals surface area contributed by atoms with Crippen LogP contribution in [0.3, 0.4) is 0 Å². The minimum atomic E-state index is -0.812. The number of terminal acetylenes is 1. The maximum absolute atomic E-state index is 15.4. The van der Waals surface area contributed by atoms with Gasteiger partial charge in [0.1, 0.15) is 11.7 Å². The van der Waals surface area contributed by atoms with Crippen LogP contribution in [0.15, 0.2) is 35.3 Å². The van der Waals surface area contributed by atoms with Crippen molar-refractivity contribution in [3.05, 3.63) is 68.5 Å². The van der Waals surface area contributed by atoms with Gasteiger partial charge in [-0.1, -0.05) is 23.6 Å². The second-order valence-electron chi connectivity index (χ2n) is 9.37. The first kappa shape index (κ1) is 26.4. The number of nitriles is 1. The van der Waals surface area contributed by atoms with E-state index in [-0.39, 0.29) is 34.0 Å². The van der Waals surface area contributed by atoms with Crippen LogP contribution in [-0.4, -0.2) is 31.7 Å². The molecule has 4 aromatic rings. The summed E-state index contributed by atoms with van der Waals surface area (Å²) in [6.07, 6.45) is 6.41. The molecule has 2 aromatic heterocycles. The van der Waals surface area contributed by atoms with Crippen molar-refractivity contribution < 1.29 is 13.9 Å². The Morgan fingerprint density at radius 2 is 2.05 bits per heavy atom. The summed E-state index contributed by atoms with van der Waals surface area (Å²) in [5.41, 5.74) is 0.544. The number of halogens is 2. The summed E-state index contributed by atoms with van der Waals surface area (Å²) in [7, 11) is 1.60. The van der Waals surface area contributed by atoms with Gasteiger partial charge >= 0.3 is 6.09 Å². The molecule has 11 heteroatoms. The summed E-state index contributed by atoms with van der Waals surface area (Å²) in [5, 5.41) is 23.8. The van der Waals surface area contributed by atoms with Crippen molar-refractivity contribution in [3.63, 3.8) is 0 Å². The molecule has 0 unspecified atom stereocenters. The summed E-state index contributed by atoms with van der Waals surface area (Å²) in [6.45, 7) is 5.19. The molecule has 0 aliphatic heterocycles. The van der Waals surface area contributed by atoms with Gasteiger partial charge in [0.2, 0.25) is 0 Å². The van der Waals surface area contributed by atoms with Gasteiger partial charge in [0.15, 0.2) is 5.82 Å². The number of amides is 1. The smallest absolute Gasteiger partial charge is 0.407 e. The number of aromatic amines is 1. The van der Waals surface area contributed by atoms with E-state index < -0.39 is 23.1 Å². The molecule has 0 aliphatic rings. The zero-order valence-electron chi connectivity index (χ0n) is 20.9. The first-order valence-electron chi connectivity index (χ1n) is 11.3. The van der Waals surface area contributed by atoms with Gasteiger partial charge in [-0.3, -0.25) is 9.48 Å². The minimum absolute atomic E-state index is 0.0292. The van der Waals surface area contributed by atoms with Crippen LogP contribution in [0.25, 0.3) is 33.2 Å². The Labute approximate surface area is 222 Å². The lowest BCUT2D eigenvalue weighted by atomic mass is 9.94. The predicted octanol–water partition coefficient (Wildman–Crippen LogP) is 4.66. The lowest BCUT2D eigenvalue weighted by Crippen LogP contribution is -2.32. The average Bonchev–Trinajstić information content (AvgIpc) is 3.24. The molecule has 0 bridgehead atoms. The van der Waals surface area contributed by atoms with Crippen LogP contribution < -0.4 is 10.9 Å². The molecule has 0 atom stereocenters. The third-order valence-electron chi connectivity index (χ3n) is 5.64. The van der Waals surface area contributed by atoms with Crippen molar-refractivity contribution in [1.29, 1.82) is 5.26 Å². The number of nitrogens with zero attached hydrogens (tertiary/aromatic N) is 4. The number of fused-ring (bicyclic) bond motifs is 1. The second-order valence-corrected chi connectivity index (χ2v) is 9.78. The van der Waals surface area contributed by atoms with Gasteiger partial charge in [-0.15, -0.1) is 6.42 Å². The van der Waals surface area contributed by atoms with Crippen LogP contribution >= 0.6 is 11.6 Å². The first-order chi connectivity index (χ1) is 17.9. The van der Waals surface area contributed by atoms with E-state index in [4.69, 9.17) is 22.8 Å². The molecule has 192 valence electrons. The van der Waals surface area contributed by atoms with Crippen LogP contribution in [0.5, 0.6) is 0 Å². The fraction of sp³-hybridized carbons (Fsp3) is 0.222. The van der Waals surface area contributed by atoms with Crippen molar-refractivity contribution in [2.45, 2.75) is 32.9 Å². The Kier molecular flexibility index (Phi) is 6.95. The van der Waals surface area contributed by atoms with E-state index in [2.05, 4.69) is 26.5 Å². The maximum atomic E-state index is 15.4. The Bertz CT molecular complexity index is 1740. The van der Waals surface area contributed by atoms with Gasteiger partial charge in [0.05, 0.1) is 45.7 Å². The number of rotatable bonds is 4. The molecule has 2 aromatic carbocycles. The Hall–Kier alpha value is -4.67. The van der Waals surface area contributed by atoms with Crippen LogP contribution in [0.2, 0.25) is 5.02 Å². The van der Waals surface area contributed by atoms with E-state index in [1.54, 1.807) is 46.0 Å². The number of aromatic nitrogens is 4. The normalized spacial score (nSPS) is 11.2. The van der Waals surface area contributed by atoms with E-state index in [0.29, 0.717) is 27.6 Å². The van der Waals surface area contributed by atoms with Crippen molar-refractivity contribution in [2.24, 2.45) is 7.05 Å². The monoisotopic (exact) mass is 532 g/mol. The highest BCUT2D eigenvalue weighted by Crippen LogP contribution is 2.39. The lowest BCUT2D eigenvalue weighted by Gasteiger charge is -2.19. The van der Waals surface area contributed by atoms with Crippen LogP contribution in [0, 0.1) is 29.5 Å². The zero-order valence-corrected chi connectivity index (χ0v) is 21.7. The van der Waals surface area contributed by atoms with Crippen molar-refractivity contribution in [2.75, 3.05) is 0 Å². The average molecular weight is 533 g/mol. The molecule has 0 spiro atoms. The molecule has 0 fully saturated rings. The third kappa shape index (κ3) is 4.95. The number of aryl methyl sites for hydroxylation is 1. The van der Waals surface area contributed by atoms with Gasteiger partial charge in [0, 0.05) is 23.6 Å². The van der Waals surface area contributed by atoms with Gasteiger partial charge < -0.3 is 10.1 Å². The topological polar surface area (TPSA) is 126 Å². The summed E-state index contributed by atoms with van der Waals surface area (Å²) in [6, 6.07) is 8.14. The highest BCUT2D eigenvalue weighted by molar-refractivity contribution is 6.31. The molecular weight excluding hydrogens is 511 g/mol. The number of hydrogen-bond donors (Lipinski definition) is 2. The van der Waals surface area contributed by atoms with E-state index in [1.807, 2.05) is 6.07 Å². The first-order valence-corrected chi connectivity index (χ1v) is 11.7. The number of alkyl carbamates (subject to hydrolysis) is 1. The number of carbonyl (C=O) groups excluding carboxylic acids is 1. The number of carbonyl (C=O) groups is 1. The van der Waals surface area contributed by atoms with Gasteiger partial charge in [-0.05, 0) is 44.5 Å². The van der Waals surface area contributed by atoms with E-state index in [1.165, 1.54) is 16.9 Å². The maximum Gasteiger partial charge on any atom is 0.407 e. The highest BCUT2D eigenvalue weighted by Gasteiger charge is 2.25. The minimum Gasteiger partial charge on any atom is -0.444 e. The van der Waals surface area contributed by atoms with Crippen molar-refractivity contribution in [3.8, 4) is 40.8 Å². The molecule has 38 heavy (non-hydrogen) atoms. The van der Waals surface area contributed by atoms with Crippen LogP contribution in [0.4, 0.5) is 9.18 Å². The molecule has 4 rings (SSSR count). The van der Waals surface area contributed by atoms with E-state index >= 15 is 4.39 Å². The predicted molar refractivity (Wildman–Crippen MR) is 141 cm³/mol. The fourth-order valence-corrected chi connectivity index (χ4v) is 4.22. The number of benzene rings is 2. The molecule has 0 aliphatic carbocycles. The number of hydrogen-bond acceptors (Lipinski definition) is 6.